The maximum absolute atomic E-state index is 15.2. The van der Waals surface area contributed by atoms with Gasteiger partial charge >= 0.3 is 0 Å². The highest BCUT2D eigenvalue weighted by molar-refractivity contribution is 7.69. The van der Waals surface area contributed by atoms with Crippen molar-refractivity contribution >= 4 is 40.5 Å². The van der Waals surface area contributed by atoms with Gasteiger partial charge in [-0.15, -0.1) is 0 Å². The molecule has 2 fully saturated rings. The minimum absolute atomic E-state index is 0.123. The van der Waals surface area contributed by atoms with Crippen LogP contribution >= 0.6 is 7.17 Å². The van der Waals surface area contributed by atoms with Crippen molar-refractivity contribution in [2.45, 2.75) is 19.3 Å². The summed E-state index contributed by atoms with van der Waals surface area (Å²) in [6, 6.07) is 3.77. The van der Waals surface area contributed by atoms with Crippen molar-refractivity contribution in [3.8, 4) is 0 Å². The van der Waals surface area contributed by atoms with Crippen molar-refractivity contribution in [1.82, 2.24) is 20.4 Å². The Morgan fingerprint density at radius 2 is 1.76 bits per heavy atom. The monoisotopic (exact) mass is 413 g/mol. The molecule has 1 unspecified atom stereocenters. The Balaban J connectivity index is 1.49. The van der Waals surface area contributed by atoms with Gasteiger partial charge in [-0.05, 0) is 32.1 Å². The van der Waals surface area contributed by atoms with E-state index in [1.165, 1.54) is 24.8 Å². The third kappa shape index (κ3) is 2.81. The lowest BCUT2D eigenvalue weighted by atomic mass is 10.1. The number of hydrogen-bond donors (Lipinski definition) is 4. The summed E-state index contributed by atoms with van der Waals surface area (Å²) in [6.45, 7) is 5.55. The van der Waals surface area contributed by atoms with E-state index in [9.17, 15) is 0 Å². The second kappa shape index (κ2) is 6.90. The number of hydrogen-bond acceptors (Lipinski definition) is 6. The summed E-state index contributed by atoms with van der Waals surface area (Å²) in [6.07, 6.45) is 5.61. The predicted molar refractivity (Wildman–Crippen MR) is 118 cm³/mol. The van der Waals surface area contributed by atoms with Gasteiger partial charge < -0.3 is 20.9 Å². The molecule has 0 aliphatic carbocycles. The number of benzene rings is 1. The molecule has 7 nitrogen and oxygen atoms in total. The molecule has 29 heavy (non-hydrogen) atoms. The van der Waals surface area contributed by atoms with Crippen LogP contribution in [0, 0.1) is 5.82 Å². The van der Waals surface area contributed by atoms with Crippen LogP contribution in [0.25, 0.3) is 0 Å². The van der Waals surface area contributed by atoms with Gasteiger partial charge in [0.1, 0.15) is 17.1 Å². The fourth-order valence-electron chi connectivity index (χ4n) is 4.74. The highest BCUT2D eigenvalue weighted by Crippen LogP contribution is 2.39. The zero-order chi connectivity index (χ0) is 19.4. The molecule has 2 aromatic rings. The molecule has 6 rings (SSSR count). The Morgan fingerprint density at radius 3 is 2.59 bits per heavy atom. The quantitative estimate of drug-likeness (QED) is 0.562. The molecule has 0 saturated carbocycles. The van der Waals surface area contributed by atoms with Crippen molar-refractivity contribution in [2.75, 3.05) is 54.8 Å². The van der Waals surface area contributed by atoms with Crippen LogP contribution in [-0.4, -0.2) is 65.3 Å². The summed E-state index contributed by atoms with van der Waals surface area (Å²) in [7, 11) is -0.845. The maximum Gasteiger partial charge on any atom is 0.147 e. The summed E-state index contributed by atoms with van der Waals surface area (Å²) in [5.41, 5.74) is 5.97. The molecular formula is C20H25FN7P. The number of rotatable bonds is 2. The number of nitrogens with zero attached hydrogens (tertiary/aromatic N) is 3. The van der Waals surface area contributed by atoms with E-state index in [4.69, 9.17) is 0 Å². The predicted octanol–water partition coefficient (Wildman–Crippen LogP) is 1.67. The zero-order valence-electron chi connectivity index (χ0n) is 16.3. The van der Waals surface area contributed by atoms with Crippen molar-refractivity contribution in [3.63, 3.8) is 0 Å². The molecule has 1 aromatic heterocycles. The smallest absolute Gasteiger partial charge is 0.147 e. The Hall–Kier alpha value is -2.28. The van der Waals surface area contributed by atoms with Gasteiger partial charge in [-0.25, -0.2) is 4.39 Å². The summed E-state index contributed by atoms with van der Waals surface area (Å²) < 4.78 is 15.2. The number of piperazine rings is 1. The van der Waals surface area contributed by atoms with Crippen LogP contribution in [0.5, 0.6) is 0 Å². The lowest BCUT2D eigenvalue weighted by Crippen LogP contribution is -2.44. The van der Waals surface area contributed by atoms with Gasteiger partial charge in [-0.3, -0.25) is 10.00 Å². The number of H-pyrrole nitrogens is 1. The summed E-state index contributed by atoms with van der Waals surface area (Å²) >= 11 is 0. The highest BCUT2D eigenvalue weighted by Gasteiger charge is 2.32. The van der Waals surface area contributed by atoms with Gasteiger partial charge in [0.25, 0.3) is 0 Å². The first kappa shape index (κ1) is 17.6. The normalized spacial score (nSPS) is 22.7. The number of aromatic amines is 1. The summed E-state index contributed by atoms with van der Waals surface area (Å²) in [5, 5.41) is 19.1. The van der Waals surface area contributed by atoms with Crippen LogP contribution in [0.15, 0.2) is 18.3 Å². The van der Waals surface area contributed by atoms with E-state index < -0.39 is 7.17 Å². The zero-order valence-corrected chi connectivity index (χ0v) is 17.2. The fourth-order valence-corrected chi connectivity index (χ4v) is 7.36. The van der Waals surface area contributed by atoms with Crippen LogP contribution < -0.4 is 26.2 Å². The average Bonchev–Trinajstić information content (AvgIpc) is 3.38. The third-order valence-electron chi connectivity index (χ3n) is 6.22. The van der Waals surface area contributed by atoms with Crippen LogP contribution in [0.1, 0.15) is 25.0 Å². The second-order valence-corrected chi connectivity index (χ2v) is 10.0. The van der Waals surface area contributed by atoms with Gasteiger partial charge in [-0.2, -0.15) is 5.10 Å². The van der Waals surface area contributed by atoms with Crippen LogP contribution in [-0.2, 0) is 0 Å². The largest absolute Gasteiger partial charge is 0.367 e. The Morgan fingerprint density at radius 1 is 0.931 bits per heavy atom. The Kier molecular flexibility index (Phi) is 4.18. The molecule has 0 radical (unpaired) electrons. The number of likely N-dealkylation sites (tertiary alicyclic amines) is 1. The van der Waals surface area contributed by atoms with E-state index in [2.05, 4.69) is 35.9 Å². The molecule has 1 atom stereocenters. The number of anilines is 3. The van der Waals surface area contributed by atoms with E-state index in [0.717, 1.165) is 67.1 Å². The number of fused-ring (bicyclic) bond motifs is 4. The molecule has 4 aliphatic heterocycles. The maximum atomic E-state index is 15.2. The van der Waals surface area contributed by atoms with Crippen molar-refractivity contribution in [1.29, 1.82) is 0 Å². The van der Waals surface area contributed by atoms with Crippen LogP contribution in [0.3, 0.4) is 0 Å². The first-order chi connectivity index (χ1) is 14.3. The van der Waals surface area contributed by atoms with E-state index in [1.807, 2.05) is 12.3 Å². The fraction of sp³-hybridized carbons (Fsp3) is 0.450. The summed E-state index contributed by atoms with van der Waals surface area (Å²) in [5.74, 6) is -0.123. The molecule has 152 valence electrons. The molecule has 0 spiro atoms. The van der Waals surface area contributed by atoms with Gasteiger partial charge in [0.05, 0.1) is 22.5 Å². The van der Waals surface area contributed by atoms with E-state index in [1.54, 1.807) is 6.07 Å². The molecular weight excluding hydrogens is 388 g/mol. The lowest BCUT2D eigenvalue weighted by Gasteiger charge is -2.31. The molecule has 4 N–H and O–H groups in total. The van der Waals surface area contributed by atoms with E-state index >= 15 is 4.39 Å². The molecule has 0 bridgehead atoms. The van der Waals surface area contributed by atoms with Gasteiger partial charge in [0.2, 0.25) is 0 Å². The molecule has 4 aliphatic rings. The average molecular weight is 413 g/mol. The SMILES string of the molecule is Fc1cc2c(cc1N1CCNCC1)NC1=P2=C(N2CCCCC2)Nc2c[nH]nc21. The van der Waals surface area contributed by atoms with Crippen LogP contribution in [0.4, 0.5) is 21.5 Å². The number of piperidine rings is 1. The number of halogens is 1. The van der Waals surface area contributed by atoms with E-state index in [0.29, 0.717) is 5.69 Å². The molecule has 1 aromatic carbocycles. The second-order valence-electron chi connectivity index (χ2n) is 8.01. The first-order valence-electron chi connectivity index (χ1n) is 10.5. The van der Waals surface area contributed by atoms with Crippen LogP contribution in [0.2, 0.25) is 0 Å². The first-order valence-corrected chi connectivity index (χ1v) is 11.8. The molecule has 5 heterocycles. The topological polar surface area (TPSA) is 71.2 Å². The minimum atomic E-state index is -0.845. The molecule has 0 amide bonds. The lowest BCUT2D eigenvalue weighted by molar-refractivity contribution is 0.346. The van der Waals surface area contributed by atoms with Gasteiger partial charge in [0, 0.05) is 50.8 Å². The van der Waals surface area contributed by atoms with Gasteiger partial charge in [-0.1, -0.05) is 6.42 Å². The number of aromatic nitrogens is 2. The van der Waals surface area contributed by atoms with Gasteiger partial charge in [0.15, 0.2) is 0 Å². The molecule has 2 saturated heterocycles. The van der Waals surface area contributed by atoms with Crippen molar-refractivity contribution in [3.05, 3.63) is 29.8 Å². The Bertz CT molecular complexity index is 1060. The number of nitrogens with one attached hydrogen (secondary N) is 4. The standard InChI is InChI=1S/C20H25FN7P/c21-13-10-17-14(11-16(13)27-8-4-22-5-9-27)24-19-18-15(12-23-26-18)25-20(29(17)19)28-6-2-1-3-7-28/h10-12,22,24-25H,1-9H2,(H,23,26). The molecule has 9 heteroatoms. The summed E-state index contributed by atoms with van der Waals surface area (Å²) in [4.78, 5) is 4.60. The van der Waals surface area contributed by atoms with Crippen molar-refractivity contribution in [2.24, 2.45) is 0 Å². The third-order valence-corrected chi connectivity index (χ3v) is 8.66. The highest BCUT2D eigenvalue weighted by atomic mass is 31.1. The Labute approximate surface area is 169 Å². The van der Waals surface area contributed by atoms with Crippen molar-refractivity contribution < 1.29 is 4.39 Å². The minimum Gasteiger partial charge on any atom is -0.367 e. The van der Waals surface area contributed by atoms with E-state index in [-0.39, 0.29) is 5.82 Å².